The smallest absolute Gasteiger partial charge is 0.254 e. The molecule has 8 heteroatoms. The summed E-state index contributed by atoms with van der Waals surface area (Å²) in [5, 5.41) is 0.572. The summed E-state index contributed by atoms with van der Waals surface area (Å²) in [5.74, 6) is -0.0507. The van der Waals surface area contributed by atoms with Gasteiger partial charge in [-0.25, -0.2) is 13.1 Å². The predicted molar refractivity (Wildman–Crippen MR) is 133 cm³/mol. The first kappa shape index (κ1) is 24.0. The number of nitrogens with one attached hydrogen (secondary N) is 1. The third-order valence-electron chi connectivity index (χ3n) is 5.72. The summed E-state index contributed by atoms with van der Waals surface area (Å²) in [6, 6.07) is 21.4. The molecule has 0 aliphatic carbocycles. The van der Waals surface area contributed by atoms with E-state index in [1.165, 1.54) is 24.8 Å². The van der Waals surface area contributed by atoms with Crippen LogP contribution >= 0.6 is 11.6 Å². The minimum atomic E-state index is -3.93. The highest BCUT2D eigenvalue weighted by molar-refractivity contribution is 7.89. The van der Waals surface area contributed by atoms with Gasteiger partial charge in [0.2, 0.25) is 10.0 Å². The van der Waals surface area contributed by atoms with Gasteiger partial charge in [-0.15, -0.1) is 0 Å². The summed E-state index contributed by atoms with van der Waals surface area (Å²) in [6.07, 6.45) is 2.78. The Kier molecular flexibility index (Phi) is 7.36. The first-order valence-corrected chi connectivity index (χ1v) is 12.7. The molecular weight excluding hydrogens is 472 g/mol. The van der Waals surface area contributed by atoms with Gasteiger partial charge >= 0.3 is 0 Å². The number of benzene rings is 3. The molecule has 176 valence electrons. The molecule has 1 heterocycles. The summed E-state index contributed by atoms with van der Waals surface area (Å²) < 4.78 is 33.9. The molecule has 0 unspecified atom stereocenters. The van der Waals surface area contributed by atoms with E-state index in [9.17, 15) is 13.2 Å². The molecule has 1 N–H and O–H groups in total. The SMILES string of the molecule is COc1ccc(C(=O)N2CC=C(c3ccccc3)CC2)cc1S(=O)(=O)NCc1ccc(Cl)cc1. The van der Waals surface area contributed by atoms with Crippen LogP contribution in [0.4, 0.5) is 0 Å². The van der Waals surface area contributed by atoms with Crippen molar-refractivity contribution < 1.29 is 17.9 Å². The van der Waals surface area contributed by atoms with Crippen LogP contribution in [0, 0.1) is 0 Å². The third kappa shape index (κ3) is 5.50. The molecule has 4 rings (SSSR count). The van der Waals surface area contributed by atoms with E-state index in [1.807, 2.05) is 24.3 Å². The zero-order chi connectivity index (χ0) is 24.1. The van der Waals surface area contributed by atoms with Gasteiger partial charge in [-0.3, -0.25) is 4.79 Å². The molecule has 0 atom stereocenters. The average molecular weight is 497 g/mol. The van der Waals surface area contributed by atoms with Crippen molar-refractivity contribution >= 4 is 33.1 Å². The Labute approximate surface area is 204 Å². The minimum Gasteiger partial charge on any atom is -0.495 e. The van der Waals surface area contributed by atoms with E-state index >= 15 is 0 Å². The number of hydrogen-bond acceptors (Lipinski definition) is 4. The number of methoxy groups -OCH3 is 1. The molecule has 0 saturated carbocycles. The van der Waals surface area contributed by atoms with Crippen LogP contribution in [0.2, 0.25) is 5.02 Å². The van der Waals surface area contributed by atoms with Gasteiger partial charge in [0.15, 0.2) is 0 Å². The van der Waals surface area contributed by atoms with Crippen LogP contribution in [-0.2, 0) is 16.6 Å². The van der Waals surface area contributed by atoms with Gasteiger partial charge in [0.1, 0.15) is 10.6 Å². The zero-order valence-electron chi connectivity index (χ0n) is 18.7. The van der Waals surface area contributed by atoms with Gasteiger partial charge < -0.3 is 9.64 Å². The quantitative estimate of drug-likeness (QED) is 0.512. The van der Waals surface area contributed by atoms with Crippen molar-refractivity contribution in [1.82, 2.24) is 9.62 Å². The molecule has 3 aromatic rings. The Morgan fingerprint density at radius 1 is 1.06 bits per heavy atom. The van der Waals surface area contributed by atoms with Gasteiger partial charge in [0.05, 0.1) is 7.11 Å². The first-order valence-electron chi connectivity index (χ1n) is 10.8. The van der Waals surface area contributed by atoms with Crippen LogP contribution < -0.4 is 9.46 Å². The van der Waals surface area contributed by atoms with Crippen molar-refractivity contribution in [1.29, 1.82) is 0 Å². The van der Waals surface area contributed by atoms with Crippen molar-refractivity contribution in [2.45, 2.75) is 17.9 Å². The summed E-state index contributed by atoms with van der Waals surface area (Å²) in [7, 11) is -2.54. The molecule has 0 radical (unpaired) electrons. The number of sulfonamides is 1. The number of nitrogens with zero attached hydrogens (tertiary/aromatic N) is 1. The summed E-state index contributed by atoms with van der Waals surface area (Å²) in [4.78, 5) is 14.8. The number of ether oxygens (including phenoxy) is 1. The maximum Gasteiger partial charge on any atom is 0.254 e. The highest BCUT2D eigenvalue weighted by Gasteiger charge is 2.24. The number of rotatable bonds is 7. The van der Waals surface area contributed by atoms with Gasteiger partial charge in [-0.1, -0.05) is 60.1 Å². The Morgan fingerprint density at radius 3 is 2.44 bits per heavy atom. The highest BCUT2D eigenvalue weighted by Crippen LogP contribution is 2.27. The molecule has 1 aliphatic heterocycles. The number of carbonyl (C=O) groups is 1. The molecule has 6 nitrogen and oxygen atoms in total. The molecule has 3 aromatic carbocycles. The molecule has 34 heavy (non-hydrogen) atoms. The Morgan fingerprint density at radius 2 is 1.79 bits per heavy atom. The molecular formula is C26H25ClN2O4S. The van der Waals surface area contributed by atoms with E-state index in [0.29, 0.717) is 23.7 Å². The number of carbonyl (C=O) groups excluding carboxylic acids is 1. The second-order valence-corrected chi connectivity index (χ2v) is 10.1. The second kappa shape index (κ2) is 10.4. The fourth-order valence-corrected chi connectivity index (χ4v) is 5.17. The van der Waals surface area contributed by atoms with Crippen LogP contribution in [0.3, 0.4) is 0 Å². The van der Waals surface area contributed by atoms with Crippen molar-refractivity contribution in [3.63, 3.8) is 0 Å². The van der Waals surface area contributed by atoms with Crippen LogP contribution in [0.1, 0.15) is 27.9 Å². The van der Waals surface area contributed by atoms with Crippen molar-refractivity contribution in [2.24, 2.45) is 0 Å². The van der Waals surface area contributed by atoms with E-state index in [0.717, 1.165) is 17.5 Å². The van der Waals surface area contributed by atoms with Gasteiger partial charge in [-0.2, -0.15) is 0 Å². The van der Waals surface area contributed by atoms with Crippen LogP contribution in [0.5, 0.6) is 5.75 Å². The van der Waals surface area contributed by atoms with Gasteiger partial charge in [0.25, 0.3) is 5.91 Å². The first-order chi connectivity index (χ1) is 16.4. The molecule has 0 spiro atoms. The van der Waals surface area contributed by atoms with Gasteiger partial charge in [-0.05, 0) is 53.5 Å². The van der Waals surface area contributed by atoms with E-state index in [-0.39, 0.29) is 23.1 Å². The van der Waals surface area contributed by atoms with Gasteiger partial charge in [0, 0.05) is 30.2 Å². The van der Waals surface area contributed by atoms with Crippen molar-refractivity contribution in [3.8, 4) is 5.75 Å². The lowest BCUT2D eigenvalue weighted by Gasteiger charge is -2.27. The predicted octanol–water partition coefficient (Wildman–Crippen LogP) is 4.76. The topological polar surface area (TPSA) is 75.7 Å². The average Bonchev–Trinajstić information content (AvgIpc) is 2.88. The van der Waals surface area contributed by atoms with Crippen molar-refractivity contribution in [2.75, 3.05) is 20.2 Å². The highest BCUT2D eigenvalue weighted by atomic mass is 35.5. The summed E-state index contributed by atoms with van der Waals surface area (Å²) in [5.41, 5.74) is 3.41. The number of hydrogen-bond donors (Lipinski definition) is 1. The van der Waals surface area contributed by atoms with E-state index in [4.69, 9.17) is 16.3 Å². The lowest BCUT2D eigenvalue weighted by molar-refractivity contribution is 0.0772. The Bertz CT molecular complexity index is 1310. The normalized spacial score (nSPS) is 13.9. The van der Waals surface area contributed by atoms with E-state index in [2.05, 4.69) is 16.9 Å². The van der Waals surface area contributed by atoms with E-state index in [1.54, 1.807) is 35.2 Å². The fraction of sp³-hybridized carbons (Fsp3) is 0.192. The largest absolute Gasteiger partial charge is 0.495 e. The van der Waals surface area contributed by atoms with E-state index < -0.39 is 10.0 Å². The molecule has 1 amide bonds. The molecule has 0 saturated heterocycles. The monoisotopic (exact) mass is 496 g/mol. The molecule has 0 fully saturated rings. The summed E-state index contributed by atoms with van der Waals surface area (Å²) >= 11 is 5.89. The molecule has 0 aromatic heterocycles. The number of halogens is 1. The van der Waals surface area contributed by atoms with Crippen LogP contribution in [-0.4, -0.2) is 39.4 Å². The summed E-state index contributed by atoms with van der Waals surface area (Å²) in [6.45, 7) is 1.11. The second-order valence-electron chi connectivity index (χ2n) is 7.91. The molecule has 0 bridgehead atoms. The number of amides is 1. The maximum atomic E-state index is 13.2. The van der Waals surface area contributed by atoms with Crippen LogP contribution in [0.15, 0.2) is 83.8 Å². The lowest BCUT2D eigenvalue weighted by Crippen LogP contribution is -2.35. The van der Waals surface area contributed by atoms with Crippen LogP contribution in [0.25, 0.3) is 5.57 Å². The molecule has 1 aliphatic rings. The maximum absolute atomic E-state index is 13.2. The Hall–Kier alpha value is -3.13. The lowest BCUT2D eigenvalue weighted by atomic mass is 9.99. The Balaban J connectivity index is 1.52. The third-order valence-corrected chi connectivity index (χ3v) is 7.40. The fourth-order valence-electron chi connectivity index (χ4n) is 3.83. The van der Waals surface area contributed by atoms with Crippen molar-refractivity contribution in [3.05, 3.63) is 101 Å². The minimum absolute atomic E-state index is 0.0765. The zero-order valence-corrected chi connectivity index (χ0v) is 20.3. The standard InChI is InChI=1S/C26H25ClN2O4S/c1-33-24-12-9-22(17-25(24)34(31,32)28-18-19-7-10-23(27)11-8-19)26(30)29-15-13-21(14-16-29)20-5-3-2-4-6-20/h2-13,17,28H,14-16,18H2,1H3.